The van der Waals surface area contributed by atoms with Crippen LogP contribution in [0.4, 0.5) is 0 Å². The van der Waals surface area contributed by atoms with Crippen LogP contribution in [0.3, 0.4) is 0 Å². The van der Waals surface area contributed by atoms with Gasteiger partial charge in [0.1, 0.15) is 0 Å². The van der Waals surface area contributed by atoms with Crippen LogP contribution in [-0.2, 0) is 13.1 Å². The number of halogens is 2. The van der Waals surface area contributed by atoms with E-state index in [4.69, 9.17) is 0 Å². The average Bonchev–Trinajstić information content (AvgIpc) is 3.07. The summed E-state index contributed by atoms with van der Waals surface area (Å²) in [5, 5.41) is 9.25. The third-order valence-electron chi connectivity index (χ3n) is 5.58. The van der Waals surface area contributed by atoms with Crippen molar-refractivity contribution in [2.24, 2.45) is 0 Å². The molecule has 4 nitrogen and oxygen atoms in total. The Labute approximate surface area is 198 Å². The molecule has 6 heteroatoms. The first-order chi connectivity index (χ1) is 13.4. The summed E-state index contributed by atoms with van der Waals surface area (Å²) >= 11 is 4.81. The van der Waals surface area contributed by atoms with Crippen LogP contribution in [0.15, 0.2) is 0 Å². The van der Waals surface area contributed by atoms with Crippen molar-refractivity contribution in [1.82, 2.24) is 19.6 Å². The Morgan fingerprint density at radius 1 is 0.536 bits per heavy atom. The molecule has 0 atom stereocenters. The van der Waals surface area contributed by atoms with Crippen molar-refractivity contribution >= 4 is 45.2 Å². The van der Waals surface area contributed by atoms with E-state index in [1.165, 1.54) is 94.1 Å². The average molecular weight is 610 g/mol. The number of hydrogen-bond acceptors (Lipinski definition) is 2. The number of hydrogen-bond donors (Lipinski definition) is 0. The van der Waals surface area contributed by atoms with Crippen LogP contribution in [0.1, 0.15) is 87.0 Å². The lowest BCUT2D eigenvalue weighted by atomic mass is 10.1. The van der Waals surface area contributed by atoms with Crippen LogP contribution in [0, 0.1) is 34.8 Å². The molecule has 0 fully saturated rings. The zero-order valence-corrected chi connectivity index (χ0v) is 22.3. The molecule has 0 unspecified atom stereocenters. The van der Waals surface area contributed by atoms with E-state index in [2.05, 4.69) is 92.4 Å². The molecule has 28 heavy (non-hydrogen) atoms. The van der Waals surface area contributed by atoms with E-state index in [9.17, 15) is 0 Å². The second-order valence-corrected chi connectivity index (χ2v) is 10.1. The van der Waals surface area contributed by atoms with Crippen molar-refractivity contribution in [2.45, 2.75) is 105 Å². The minimum Gasteiger partial charge on any atom is -0.269 e. The third-order valence-corrected chi connectivity index (χ3v) is 8.70. The summed E-state index contributed by atoms with van der Waals surface area (Å²) in [6, 6.07) is 0. The Balaban J connectivity index is 1.41. The van der Waals surface area contributed by atoms with Crippen molar-refractivity contribution in [3.05, 3.63) is 29.9 Å². The summed E-state index contributed by atoms with van der Waals surface area (Å²) in [6.07, 6.45) is 13.5. The van der Waals surface area contributed by atoms with Gasteiger partial charge in [-0.25, -0.2) is 0 Å². The van der Waals surface area contributed by atoms with E-state index in [0.29, 0.717) is 0 Å². The molecule has 0 radical (unpaired) electrons. The van der Waals surface area contributed by atoms with Gasteiger partial charge in [-0.2, -0.15) is 10.2 Å². The first-order valence-corrected chi connectivity index (χ1v) is 13.0. The minimum absolute atomic E-state index is 1.07. The molecular formula is C22H36I2N4. The molecular weight excluding hydrogens is 574 g/mol. The number of nitrogens with zero attached hydrogens (tertiary/aromatic N) is 4. The summed E-state index contributed by atoms with van der Waals surface area (Å²) in [5.41, 5.74) is 4.99. The quantitative estimate of drug-likeness (QED) is 0.179. The van der Waals surface area contributed by atoms with Gasteiger partial charge in [0, 0.05) is 24.5 Å². The summed E-state index contributed by atoms with van der Waals surface area (Å²) in [5.74, 6) is 0. The Hall–Kier alpha value is -0.120. The molecule has 0 N–H and O–H groups in total. The third kappa shape index (κ3) is 7.29. The lowest BCUT2D eigenvalue weighted by molar-refractivity contribution is 0.496. The fraction of sp³-hybridized carbons (Fsp3) is 0.727. The number of aryl methyl sites for hydroxylation is 4. The Morgan fingerprint density at radius 3 is 1.07 bits per heavy atom. The maximum atomic E-state index is 4.63. The molecule has 0 aliphatic rings. The number of unbranched alkanes of at least 4 members (excludes halogenated alkanes) is 9. The Morgan fingerprint density at radius 2 is 0.821 bits per heavy atom. The predicted molar refractivity (Wildman–Crippen MR) is 135 cm³/mol. The monoisotopic (exact) mass is 610 g/mol. The highest BCUT2D eigenvalue weighted by Crippen LogP contribution is 2.18. The SMILES string of the molecule is Cc1nn(CCCCCCCCCCCCn2nc(C)c(I)c2C)c(C)c1I. The van der Waals surface area contributed by atoms with Crippen molar-refractivity contribution in [2.75, 3.05) is 0 Å². The van der Waals surface area contributed by atoms with Crippen molar-refractivity contribution in [3.8, 4) is 0 Å². The van der Waals surface area contributed by atoms with Gasteiger partial charge in [-0.3, -0.25) is 9.36 Å². The van der Waals surface area contributed by atoms with Crippen molar-refractivity contribution in [3.63, 3.8) is 0 Å². The van der Waals surface area contributed by atoms with Gasteiger partial charge in [-0.15, -0.1) is 0 Å². The van der Waals surface area contributed by atoms with Gasteiger partial charge >= 0.3 is 0 Å². The molecule has 0 amide bonds. The molecule has 2 heterocycles. The lowest BCUT2D eigenvalue weighted by Crippen LogP contribution is -2.02. The summed E-state index contributed by atoms with van der Waals surface area (Å²) in [7, 11) is 0. The highest BCUT2D eigenvalue weighted by Gasteiger charge is 2.08. The molecule has 2 aromatic rings. The van der Waals surface area contributed by atoms with Gasteiger partial charge in [-0.1, -0.05) is 51.4 Å². The zero-order chi connectivity index (χ0) is 20.5. The van der Waals surface area contributed by atoms with Crippen LogP contribution >= 0.6 is 45.2 Å². The maximum Gasteiger partial charge on any atom is 0.0729 e. The molecule has 0 aromatic carbocycles. The highest BCUT2D eigenvalue weighted by atomic mass is 127. The van der Waals surface area contributed by atoms with Crippen molar-refractivity contribution < 1.29 is 0 Å². The van der Waals surface area contributed by atoms with Gasteiger partial charge in [0.15, 0.2) is 0 Å². The molecule has 2 rings (SSSR count). The van der Waals surface area contributed by atoms with Crippen LogP contribution in [0.2, 0.25) is 0 Å². The van der Waals surface area contributed by atoms with E-state index in [1.807, 2.05) is 0 Å². The van der Waals surface area contributed by atoms with E-state index in [1.54, 1.807) is 0 Å². The molecule has 0 saturated carbocycles. The van der Waals surface area contributed by atoms with Gasteiger partial charge in [0.25, 0.3) is 0 Å². The molecule has 0 spiro atoms. The number of aromatic nitrogens is 4. The van der Waals surface area contributed by atoms with E-state index in [-0.39, 0.29) is 0 Å². The van der Waals surface area contributed by atoms with Crippen LogP contribution < -0.4 is 0 Å². The predicted octanol–water partition coefficient (Wildman–Crippen LogP) is 7.12. The molecule has 0 aliphatic carbocycles. The lowest BCUT2D eigenvalue weighted by Gasteiger charge is -2.06. The maximum absolute atomic E-state index is 4.63. The van der Waals surface area contributed by atoms with Gasteiger partial charge in [0.05, 0.1) is 18.5 Å². The van der Waals surface area contributed by atoms with Crippen molar-refractivity contribution in [1.29, 1.82) is 0 Å². The smallest absolute Gasteiger partial charge is 0.0729 e. The Kier molecular flexibility index (Phi) is 10.8. The summed E-state index contributed by atoms with van der Waals surface area (Å²) in [6.45, 7) is 10.7. The standard InChI is InChI=1S/C22H36I2N4/c1-17-21(23)19(3)27(25-17)15-13-11-9-7-5-6-8-10-12-14-16-28-20(4)22(24)18(2)26-28/h5-16H2,1-4H3. The van der Waals surface area contributed by atoms with Gasteiger partial charge in [0.2, 0.25) is 0 Å². The molecule has 158 valence electrons. The second kappa shape index (κ2) is 12.5. The molecule has 2 aromatic heterocycles. The van der Waals surface area contributed by atoms with Gasteiger partial charge < -0.3 is 0 Å². The Bertz CT molecular complexity index is 671. The largest absolute Gasteiger partial charge is 0.269 e. The number of rotatable bonds is 13. The van der Waals surface area contributed by atoms with Crippen LogP contribution in [0.25, 0.3) is 0 Å². The van der Waals surface area contributed by atoms with E-state index >= 15 is 0 Å². The normalized spacial score (nSPS) is 11.5. The van der Waals surface area contributed by atoms with E-state index < -0.39 is 0 Å². The van der Waals surface area contributed by atoms with Crippen LogP contribution in [0.5, 0.6) is 0 Å². The first kappa shape index (κ1) is 24.2. The zero-order valence-electron chi connectivity index (χ0n) is 18.0. The molecule has 0 bridgehead atoms. The van der Waals surface area contributed by atoms with E-state index in [0.717, 1.165) is 13.1 Å². The summed E-state index contributed by atoms with van der Waals surface area (Å²) in [4.78, 5) is 0. The minimum atomic E-state index is 1.07. The second-order valence-electron chi connectivity index (χ2n) is 7.95. The fourth-order valence-corrected chi connectivity index (χ4v) is 4.50. The highest BCUT2D eigenvalue weighted by molar-refractivity contribution is 14.1. The van der Waals surface area contributed by atoms with Gasteiger partial charge in [-0.05, 0) is 85.7 Å². The van der Waals surface area contributed by atoms with Crippen LogP contribution in [-0.4, -0.2) is 19.6 Å². The summed E-state index contributed by atoms with van der Waals surface area (Å²) < 4.78 is 7.01. The molecule has 0 aliphatic heterocycles. The fourth-order valence-electron chi connectivity index (χ4n) is 3.72. The first-order valence-electron chi connectivity index (χ1n) is 10.8. The molecule has 0 saturated heterocycles. The topological polar surface area (TPSA) is 35.6 Å².